The Balaban J connectivity index is 1.22. The van der Waals surface area contributed by atoms with Gasteiger partial charge in [-0.1, -0.05) is 140 Å². The van der Waals surface area contributed by atoms with E-state index in [2.05, 4.69) is 158 Å². The van der Waals surface area contributed by atoms with Crippen LogP contribution in [0.1, 0.15) is 0 Å². The molecule has 0 aliphatic rings. The van der Waals surface area contributed by atoms with Crippen molar-refractivity contribution in [3.05, 3.63) is 182 Å². The Morgan fingerprint density at radius 3 is 1.45 bits per heavy atom. The Labute approximate surface area is 284 Å². The summed E-state index contributed by atoms with van der Waals surface area (Å²) in [6, 6.07) is 63.4. The van der Waals surface area contributed by atoms with Crippen molar-refractivity contribution < 1.29 is 4.42 Å². The van der Waals surface area contributed by atoms with Gasteiger partial charge in [-0.15, -0.1) is 0 Å². The second-order valence-electron chi connectivity index (χ2n) is 12.2. The largest absolute Gasteiger partial charge is 0.456 e. The van der Waals surface area contributed by atoms with E-state index in [1.807, 2.05) is 24.3 Å². The first kappa shape index (κ1) is 28.6. The first-order valence-corrected chi connectivity index (χ1v) is 16.5. The number of benzene rings is 7. The van der Waals surface area contributed by atoms with Crippen molar-refractivity contribution in [2.45, 2.75) is 0 Å². The summed E-state index contributed by atoms with van der Waals surface area (Å²) in [6.45, 7) is 0. The number of hydrogen-bond donors (Lipinski definition) is 0. The SMILES string of the molecule is c1ccc(-c2ccc(-c3nc(-c4ccccc4)cc(-c4cc(-c5ccccc5)cc(-c5ccc6oc7ccccc7c6c5)c4)n3)cc2)cc1. The minimum absolute atomic E-state index is 0.689. The molecule has 0 fully saturated rings. The molecule has 0 N–H and O–H groups in total. The van der Waals surface area contributed by atoms with Crippen molar-refractivity contribution in [2.75, 3.05) is 0 Å². The van der Waals surface area contributed by atoms with Crippen molar-refractivity contribution in [3.8, 4) is 67.3 Å². The normalized spacial score (nSPS) is 11.3. The lowest BCUT2D eigenvalue weighted by Gasteiger charge is -2.13. The van der Waals surface area contributed by atoms with Gasteiger partial charge in [-0.05, 0) is 75.8 Å². The number of nitrogens with zero attached hydrogens (tertiary/aromatic N) is 2. The average molecular weight is 627 g/mol. The highest BCUT2D eigenvalue weighted by Crippen LogP contribution is 2.37. The van der Waals surface area contributed by atoms with Gasteiger partial charge in [0.15, 0.2) is 5.82 Å². The number of fused-ring (bicyclic) bond motifs is 3. The van der Waals surface area contributed by atoms with Crippen LogP contribution in [0.25, 0.3) is 89.2 Å². The number of hydrogen-bond acceptors (Lipinski definition) is 3. The quantitative estimate of drug-likeness (QED) is 0.184. The maximum atomic E-state index is 6.16. The van der Waals surface area contributed by atoms with Gasteiger partial charge >= 0.3 is 0 Å². The topological polar surface area (TPSA) is 38.9 Å². The molecule has 3 heteroatoms. The molecule has 9 aromatic rings. The molecule has 0 spiro atoms. The summed E-state index contributed by atoms with van der Waals surface area (Å²) in [4.78, 5) is 10.3. The zero-order chi connectivity index (χ0) is 32.6. The van der Waals surface area contributed by atoms with Crippen LogP contribution in [0.4, 0.5) is 0 Å². The molecule has 0 aliphatic carbocycles. The van der Waals surface area contributed by atoms with Gasteiger partial charge < -0.3 is 4.42 Å². The van der Waals surface area contributed by atoms with E-state index in [4.69, 9.17) is 14.4 Å². The van der Waals surface area contributed by atoms with E-state index < -0.39 is 0 Å². The molecular formula is C46H30N2O. The van der Waals surface area contributed by atoms with Gasteiger partial charge in [0.2, 0.25) is 0 Å². The Hall–Kier alpha value is -6.58. The van der Waals surface area contributed by atoms with Gasteiger partial charge in [0, 0.05) is 27.5 Å². The molecule has 0 atom stereocenters. The Morgan fingerprint density at radius 1 is 0.286 bits per heavy atom. The average Bonchev–Trinajstić information content (AvgIpc) is 3.57. The molecule has 9 rings (SSSR count). The van der Waals surface area contributed by atoms with E-state index in [0.717, 1.165) is 77.8 Å². The molecule has 2 heterocycles. The van der Waals surface area contributed by atoms with Crippen molar-refractivity contribution in [1.82, 2.24) is 9.97 Å². The molecule has 0 saturated heterocycles. The van der Waals surface area contributed by atoms with Crippen LogP contribution in [0.3, 0.4) is 0 Å². The summed E-state index contributed by atoms with van der Waals surface area (Å²) in [5.74, 6) is 0.689. The highest BCUT2D eigenvalue weighted by Gasteiger charge is 2.15. The summed E-state index contributed by atoms with van der Waals surface area (Å²) in [6.07, 6.45) is 0. The molecular weight excluding hydrogens is 597 g/mol. The van der Waals surface area contributed by atoms with Crippen LogP contribution < -0.4 is 0 Å². The third kappa shape index (κ3) is 5.58. The van der Waals surface area contributed by atoms with Gasteiger partial charge in [-0.25, -0.2) is 9.97 Å². The van der Waals surface area contributed by atoms with E-state index in [1.165, 1.54) is 5.56 Å². The minimum atomic E-state index is 0.689. The fraction of sp³-hybridized carbons (Fsp3) is 0. The molecule has 0 bridgehead atoms. The predicted octanol–water partition coefficient (Wildman–Crippen LogP) is 12.4. The van der Waals surface area contributed by atoms with E-state index >= 15 is 0 Å². The predicted molar refractivity (Wildman–Crippen MR) is 202 cm³/mol. The maximum Gasteiger partial charge on any atom is 0.160 e. The lowest BCUT2D eigenvalue weighted by atomic mass is 9.94. The molecule has 3 nitrogen and oxygen atoms in total. The highest BCUT2D eigenvalue weighted by atomic mass is 16.3. The summed E-state index contributed by atoms with van der Waals surface area (Å²) < 4.78 is 6.16. The van der Waals surface area contributed by atoms with E-state index in [-0.39, 0.29) is 0 Å². The van der Waals surface area contributed by atoms with Crippen LogP contribution in [-0.2, 0) is 0 Å². The molecule has 2 aromatic heterocycles. The van der Waals surface area contributed by atoms with Crippen LogP contribution in [0.5, 0.6) is 0 Å². The highest BCUT2D eigenvalue weighted by molar-refractivity contribution is 6.06. The van der Waals surface area contributed by atoms with Crippen molar-refractivity contribution >= 4 is 21.9 Å². The van der Waals surface area contributed by atoms with Crippen LogP contribution >= 0.6 is 0 Å². The lowest BCUT2D eigenvalue weighted by molar-refractivity contribution is 0.669. The zero-order valence-corrected chi connectivity index (χ0v) is 26.6. The third-order valence-corrected chi connectivity index (χ3v) is 9.09. The summed E-state index contributed by atoms with van der Waals surface area (Å²) >= 11 is 0. The standard InChI is InChI=1S/C46H30N2O/c1-4-12-31(13-5-1)33-20-22-35(23-21-33)46-47-42(34-16-8-3-9-17-34)30-43(48-46)39-27-37(32-14-6-2-7-15-32)26-38(28-39)36-24-25-45-41(29-36)40-18-10-11-19-44(40)49-45/h1-30H. The molecule has 0 amide bonds. The van der Waals surface area contributed by atoms with Crippen molar-refractivity contribution in [1.29, 1.82) is 0 Å². The Bertz CT molecular complexity index is 2570. The monoisotopic (exact) mass is 626 g/mol. The molecule has 0 unspecified atom stereocenters. The third-order valence-electron chi connectivity index (χ3n) is 9.09. The minimum Gasteiger partial charge on any atom is -0.456 e. The van der Waals surface area contributed by atoms with Crippen LogP contribution in [0.15, 0.2) is 186 Å². The zero-order valence-electron chi connectivity index (χ0n) is 26.6. The van der Waals surface area contributed by atoms with Gasteiger partial charge in [0.1, 0.15) is 11.2 Å². The Morgan fingerprint density at radius 2 is 0.755 bits per heavy atom. The first-order valence-electron chi connectivity index (χ1n) is 16.5. The Kier molecular flexibility index (Phi) is 7.14. The van der Waals surface area contributed by atoms with Crippen molar-refractivity contribution in [3.63, 3.8) is 0 Å². The summed E-state index contributed by atoms with van der Waals surface area (Å²) in [5, 5.41) is 2.22. The van der Waals surface area contributed by atoms with Crippen LogP contribution in [0.2, 0.25) is 0 Å². The number of furan rings is 1. The van der Waals surface area contributed by atoms with Gasteiger partial charge in [0.05, 0.1) is 11.4 Å². The molecule has 0 saturated carbocycles. The summed E-state index contributed by atoms with van der Waals surface area (Å²) in [5.41, 5.74) is 13.4. The van der Waals surface area contributed by atoms with Gasteiger partial charge in [-0.2, -0.15) is 0 Å². The smallest absolute Gasteiger partial charge is 0.160 e. The first-order chi connectivity index (χ1) is 24.2. The van der Waals surface area contributed by atoms with Gasteiger partial charge in [0.25, 0.3) is 0 Å². The number of rotatable bonds is 6. The second-order valence-corrected chi connectivity index (χ2v) is 12.2. The van der Waals surface area contributed by atoms with E-state index in [0.29, 0.717) is 5.82 Å². The lowest BCUT2D eigenvalue weighted by Crippen LogP contribution is -1.96. The van der Waals surface area contributed by atoms with Gasteiger partial charge in [-0.3, -0.25) is 0 Å². The van der Waals surface area contributed by atoms with E-state index in [9.17, 15) is 0 Å². The van der Waals surface area contributed by atoms with Crippen molar-refractivity contribution in [2.24, 2.45) is 0 Å². The molecule has 49 heavy (non-hydrogen) atoms. The summed E-state index contributed by atoms with van der Waals surface area (Å²) in [7, 11) is 0. The maximum absolute atomic E-state index is 6.16. The van der Waals surface area contributed by atoms with Crippen LogP contribution in [-0.4, -0.2) is 9.97 Å². The second kappa shape index (κ2) is 12.2. The fourth-order valence-electron chi connectivity index (χ4n) is 6.57. The number of para-hydroxylation sites is 1. The molecule has 0 aliphatic heterocycles. The number of aromatic nitrogens is 2. The molecule has 0 radical (unpaired) electrons. The molecule has 7 aromatic carbocycles. The van der Waals surface area contributed by atoms with Crippen LogP contribution in [0, 0.1) is 0 Å². The molecule has 230 valence electrons. The van der Waals surface area contributed by atoms with E-state index in [1.54, 1.807) is 0 Å². The fourth-order valence-corrected chi connectivity index (χ4v) is 6.57.